The molecule has 0 amide bonds. The molecule has 0 radical (unpaired) electrons. The van der Waals surface area contributed by atoms with E-state index in [0.29, 0.717) is 0 Å². The van der Waals surface area contributed by atoms with E-state index in [0.717, 1.165) is 78.6 Å². The van der Waals surface area contributed by atoms with Crippen molar-refractivity contribution >= 4 is 44.9 Å². The Morgan fingerprint density at radius 2 is 0.627 bits per heavy atom. The lowest BCUT2D eigenvalue weighted by Crippen LogP contribution is -2.14. The summed E-state index contributed by atoms with van der Waals surface area (Å²) in [6.07, 6.45) is 0. The van der Waals surface area contributed by atoms with Crippen LogP contribution in [0.3, 0.4) is 0 Å². The topological polar surface area (TPSA) is 15.7 Å². The van der Waals surface area contributed by atoms with Gasteiger partial charge in [0.25, 0.3) is 0 Å². The first-order valence-electron chi connectivity index (χ1n) is 22.8. The van der Waals surface area contributed by atoms with Gasteiger partial charge in [0.15, 0.2) is 5.75 Å². The average molecular weight is 857 g/mol. The second-order valence-electron chi connectivity index (χ2n) is 16.9. The molecule has 12 rings (SSSR count). The Labute approximate surface area is 391 Å². The van der Waals surface area contributed by atoms with Gasteiger partial charge in [0.05, 0.1) is 11.4 Å². The predicted octanol–water partition coefficient (Wildman–Crippen LogP) is 18.2. The third kappa shape index (κ3) is 7.49. The summed E-state index contributed by atoms with van der Waals surface area (Å²) in [5.74, 6) is 1.63. The van der Waals surface area contributed by atoms with Gasteiger partial charge >= 0.3 is 0 Å². The highest BCUT2D eigenvalue weighted by Gasteiger charge is 2.30. The molecule has 11 aromatic carbocycles. The first-order valence-corrected chi connectivity index (χ1v) is 22.8. The average Bonchev–Trinajstić information content (AvgIpc) is 3.41. The molecule has 0 saturated carbocycles. The molecule has 3 nitrogen and oxygen atoms in total. The van der Waals surface area contributed by atoms with Gasteiger partial charge in [-0.25, -0.2) is 0 Å². The van der Waals surface area contributed by atoms with Crippen molar-refractivity contribution < 1.29 is 4.74 Å². The third-order valence-corrected chi connectivity index (χ3v) is 12.9. The molecule has 0 fully saturated rings. The Balaban J connectivity index is 0.978. The van der Waals surface area contributed by atoms with Crippen LogP contribution in [0.5, 0.6) is 11.5 Å². The molecule has 0 N–H and O–H groups in total. The van der Waals surface area contributed by atoms with Crippen LogP contribution in [0.25, 0.3) is 66.4 Å². The molecule has 0 spiro atoms. The summed E-state index contributed by atoms with van der Waals surface area (Å²) in [5, 5.41) is 2.20. The van der Waals surface area contributed by atoms with Crippen LogP contribution < -0.4 is 14.5 Å². The Kier molecular flexibility index (Phi) is 10.2. The van der Waals surface area contributed by atoms with E-state index in [1.165, 1.54) is 33.4 Å². The van der Waals surface area contributed by atoms with E-state index in [9.17, 15) is 0 Å². The molecule has 1 aliphatic rings. The molecule has 67 heavy (non-hydrogen) atoms. The molecule has 0 bridgehead atoms. The first-order chi connectivity index (χ1) is 33.2. The van der Waals surface area contributed by atoms with E-state index < -0.39 is 0 Å². The zero-order chi connectivity index (χ0) is 44.5. The fourth-order valence-electron chi connectivity index (χ4n) is 9.58. The van der Waals surface area contributed by atoms with Crippen LogP contribution in [0.2, 0.25) is 0 Å². The number of para-hydroxylation sites is 2. The lowest BCUT2D eigenvalue weighted by molar-refractivity contribution is 0.488. The second kappa shape index (κ2) is 17.2. The van der Waals surface area contributed by atoms with Gasteiger partial charge in [-0.1, -0.05) is 200 Å². The summed E-state index contributed by atoms with van der Waals surface area (Å²) in [6.45, 7) is 0. The van der Waals surface area contributed by atoms with E-state index in [1.54, 1.807) is 0 Å². The monoisotopic (exact) mass is 856 g/mol. The number of rotatable bonds is 10. The Bertz CT molecular complexity index is 3320. The third-order valence-electron chi connectivity index (χ3n) is 12.9. The smallest absolute Gasteiger partial charge is 0.159 e. The van der Waals surface area contributed by atoms with Crippen molar-refractivity contribution in [2.24, 2.45) is 0 Å². The zero-order valence-electron chi connectivity index (χ0n) is 36.7. The minimum atomic E-state index is 0.811. The highest BCUT2D eigenvalue weighted by Crippen LogP contribution is 2.56. The van der Waals surface area contributed by atoms with E-state index in [-0.39, 0.29) is 0 Å². The molecular weight excluding hydrogens is 813 g/mol. The van der Waals surface area contributed by atoms with E-state index in [4.69, 9.17) is 4.74 Å². The predicted molar refractivity (Wildman–Crippen MR) is 281 cm³/mol. The summed E-state index contributed by atoms with van der Waals surface area (Å²) in [4.78, 5) is 4.67. The molecule has 11 aromatic rings. The van der Waals surface area contributed by atoms with Crippen LogP contribution in [0.1, 0.15) is 0 Å². The number of hydrogen-bond donors (Lipinski definition) is 0. The minimum Gasteiger partial charge on any atom is -0.454 e. The largest absolute Gasteiger partial charge is 0.454 e. The fourth-order valence-corrected chi connectivity index (χ4v) is 9.58. The molecule has 1 heterocycles. The molecule has 0 aromatic heterocycles. The Morgan fingerprint density at radius 3 is 1.09 bits per heavy atom. The SMILES string of the molecule is c1ccc(-c2ccc(-c3ccc(N(c4ccc(-c5ccc(-c6ccccc6)cc5)cc4)c4ccc5cccc6c5c4Oc4cccc(N(c5ccccc5)c5ccccc5)c4-6)cc3)cc2)cc1. The number of fused-ring (bicyclic) bond motifs is 2. The maximum Gasteiger partial charge on any atom is 0.159 e. The van der Waals surface area contributed by atoms with Gasteiger partial charge in [0.2, 0.25) is 0 Å². The molecule has 0 atom stereocenters. The van der Waals surface area contributed by atoms with E-state index in [1.807, 2.05) is 0 Å². The van der Waals surface area contributed by atoms with Gasteiger partial charge in [-0.3, -0.25) is 0 Å². The van der Waals surface area contributed by atoms with Crippen molar-refractivity contribution in [3.63, 3.8) is 0 Å². The summed E-state index contributed by atoms with van der Waals surface area (Å²) < 4.78 is 7.28. The van der Waals surface area contributed by atoms with Crippen LogP contribution in [0.15, 0.2) is 267 Å². The number of anilines is 6. The zero-order valence-corrected chi connectivity index (χ0v) is 36.7. The van der Waals surface area contributed by atoms with Gasteiger partial charge in [0, 0.05) is 33.7 Å². The number of hydrogen-bond acceptors (Lipinski definition) is 3. The maximum absolute atomic E-state index is 7.28. The van der Waals surface area contributed by atoms with Gasteiger partial charge < -0.3 is 14.5 Å². The van der Waals surface area contributed by atoms with Crippen LogP contribution in [-0.4, -0.2) is 0 Å². The molecule has 1 aliphatic heterocycles. The second-order valence-corrected chi connectivity index (χ2v) is 16.9. The lowest BCUT2D eigenvalue weighted by Gasteiger charge is -2.33. The molecule has 0 unspecified atom stereocenters. The fraction of sp³-hybridized carbons (Fsp3) is 0. The summed E-state index contributed by atoms with van der Waals surface area (Å²) in [5.41, 5.74) is 17.9. The number of ether oxygens (including phenoxy) is 1. The van der Waals surface area contributed by atoms with Crippen molar-refractivity contribution in [2.75, 3.05) is 9.80 Å². The Hall–Kier alpha value is -8.92. The number of benzene rings is 11. The highest BCUT2D eigenvalue weighted by atomic mass is 16.5. The van der Waals surface area contributed by atoms with Crippen LogP contribution in [-0.2, 0) is 0 Å². The highest BCUT2D eigenvalue weighted by molar-refractivity contribution is 6.11. The minimum absolute atomic E-state index is 0.811. The quantitative estimate of drug-likeness (QED) is 0.136. The van der Waals surface area contributed by atoms with Crippen molar-refractivity contribution in [1.29, 1.82) is 0 Å². The Morgan fingerprint density at radius 1 is 0.254 bits per heavy atom. The summed E-state index contributed by atoms with van der Waals surface area (Å²) in [6, 6.07) is 95.2. The molecule has 0 aliphatic carbocycles. The van der Waals surface area contributed by atoms with E-state index in [2.05, 4.69) is 277 Å². The normalized spacial score (nSPS) is 11.4. The molecule has 316 valence electrons. The standard InChI is InChI=1S/C64H44N2O/c1-5-15-45(16-6-1)47-27-31-49(32-28-47)51-35-40-56(41-36-51)66(57-42-37-52(38-43-57)50-33-29-48(30-34-50)46-17-7-2-8-18-46)60-44-39-53-19-13-24-58-62(53)64(60)67-61-26-14-25-59(63(58)61)65(54-20-9-3-10-21-54)55-22-11-4-12-23-55/h1-44H. The maximum atomic E-state index is 7.28. The van der Waals surface area contributed by atoms with Crippen LogP contribution in [0.4, 0.5) is 34.1 Å². The van der Waals surface area contributed by atoms with Crippen LogP contribution in [0, 0.1) is 0 Å². The van der Waals surface area contributed by atoms with E-state index >= 15 is 0 Å². The van der Waals surface area contributed by atoms with Gasteiger partial charge in [-0.2, -0.15) is 0 Å². The van der Waals surface area contributed by atoms with Gasteiger partial charge in [-0.05, 0) is 122 Å². The lowest BCUT2D eigenvalue weighted by atomic mass is 9.92. The van der Waals surface area contributed by atoms with Crippen molar-refractivity contribution in [3.05, 3.63) is 267 Å². The molecule has 0 saturated heterocycles. The summed E-state index contributed by atoms with van der Waals surface area (Å²) >= 11 is 0. The first kappa shape index (κ1) is 39.7. The van der Waals surface area contributed by atoms with Crippen molar-refractivity contribution in [3.8, 4) is 67.1 Å². The molecular formula is C64H44N2O. The number of nitrogens with zero attached hydrogens (tertiary/aromatic N) is 2. The summed E-state index contributed by atoms with van der Waals surface area (Å²) in [7, 11) is 0. The van der Waals surface area contributed by atoms with Crippen LogP contribution >= 0.6 is 0 Å². The van der Waals surface area contributed by atoms with Gasteiger partial charge in [0.1, 0.15) is 5.75 Å². The van der Waals surface area contributed by atoms with Crippen molar-refractivity contribution in [1.82, 2.24) is 0 Å². The van der Waals surface area contributed by atoms with Crippen molar-refractivity contribution in [2.45, 2.75) is 0 Å². The molecule has 3 heteroatoms. The van der Waals surface area contributed by atoms with Gasteiger partial charge in [-0.15, -0.1) is 0 Å².